The van der Waals surface area contributed by atoms with E-state index in [1.807, 2.05) is 6.92 Å². The van der Waals surface area contributed by atoms with Crippen molar-refractivity contribution in [3.63, 3.8) is 0 Å². The molecule has 0 aliphatic rings. The number of carbonyl (C=O) groups is 1. The van der Waals surface area contributed by atoms with E-state index >= 15 is 0 Å². The molecule has 0 bridgehead atoms. The van der Waals surface area contributed by atoms with Crippen LogP contribution in [0.15, 0.2) is 6.07 Å². The van der Waals surface area contributed by atoms with E-state index in [-0.39, 0.29) is 4.99 Å². The predicted octanol–water partition coefficient (Wildman–Crippen LogP) is 1.64. The number of thiocarbonyl (C=S) groups is 1. The van der Waals surface area contributed by atoms with Gasteiger partial charge in [0.2, 0.25) is 0 Å². The molecule has 0 atom stereocenters. The number of carboxylic acids is 1. The highest BCUT2D eigenvalue weighted by Crippen LogP contribution is 2.22. The molecule has 0 aromatic carbocycles. The van der Waals surface area contributed by atoms with E-state index in [0.717, 1.165) is 11.3 Å². The number of thiophene rings is 1. The highest BCUT2D eigenvalue weighted by molar-refractivity contribution is 7.80. The average molecular weight is 215 g/mol. The summed E-state index contributed by atoms with van der Waals surface area (Å²) < 4.78 is 0. The lowest BCUT2D eigenvalue weighted by atomic mass is 10.2. The zero-order valence-electron chi connectivity index (χ0n) is 7.03. The minimum atomic E-state index is -0.929. The SMILES string of the molecule is CCc1sc(C(=O)O)cc1C(N)=S. The summed E-state index contributed by atoms with van der Waals surface area (Å²) in [7, 11) is 0. The Bertz CT molecular complexity index is 357. The second-order valence-electron chi connectivity index (χ2n) is 2.47. The Kier molecular flexibility index (Phi) is 3.00. The molecule has 70 valence electrons. The summed E-state index contributed by atoms with van der Waals surface area (Å²) in [5.41, 5.74) is 6.14. The third-order valence-electron chi connectivity index (χ3n) is 1.61. The van der Waals surface area contributed by atoms with Crippen LogP contribution in [0.25, 0.3) is 0 Å². The molecule has 1 rings (SSSR count). The molecule has 0 saturated carbocycles. The second-order valence-corrected chi connectivity index (χ2v) is 4.05. The average Bonchev–Trinajstić information content (AvgIpc) is 2.47. The van der Waals surface area contributed by atoms with E-state index in [9.17, 15) is 4.79 Å². The van der Waals surface area contributed by atoms with Crippen LogP contribution < -0.4 is 5.73 Å². The highest BCUT2D eigenvalue weighted by atomic mass is 32.1. The van der Waals surface area contributed by atoms with E-state index in [1.54, 1.807) is 0 Å². The Morgan fingerprint density at radius 2 is 2.38 bits per heavy atom. The van der Waals surface area contributed by atoms with Gasteiger partial charge in [0.1, 0.15) is 9.87 Å². The maximum absolute atomic E-state index is 10.6. The van der Waals surface area contributed by atoms with Crippen LogP contribution in [-0.2, 0) is 6.42 Å². The molecular weight excluding hydrogens is 206 g/mol. The summed E-state index contributed by atoms with van der Waals surface area (Å²) in [5.74, 6) is -0.929. The molecule has 0 amide bonds. The van der Waals surface area contributed by atoms with Gasteiger partial charge in [0, 0.05) is 10.4 Å². The zero-order chi connectivity index (χ0) is 10.0. The van der Waals surface area contributed by atoms with Crippen LogP contribution in [0.4, 0.5) is 0 Å². The molecule has 0 saturated heterocycles. The molecule has 0 radical (unpaired) electrons. The third-order valence-corrected chi connectivity index (χ3v) is 3.09. The number of nitrogens with two attached hydrogens (primary N) is 1. The van der Waals surface area contributed by atoms with E-state index in [4.69, 9.17) is 23.1 Å². The van der Waals surface area contributed by atoms with Crippen molar-refractivity contribution in [3.8, 4) is 0 Å². The van der Waals surface area contributed by atoms with Crippen molar-refractivity contribution in [2.24, 2.45) is 5.73 Å². The summed E-state index contributed by atoms with van der Waals surface area (Å²) in [6.45, 7) is 1.94. The first-order chi connectivity index (χ1) is 6.06. The maximum Gasteiger partial charge on any atom is 0.345 e. The number of hydrogen-bond donors (Lipinski definition) is 2. The number of hydrogen-bond acceptors (Lipinski definition) is 3. The quantitative estimate of drug-likeness (QED) is 0.752. The lowest BCUT2D eigenvalue weighted by molar-refractivity contribution is 0.0702. The molecule has 0 fully saturated rings. The lowest BCUT2D eigenvalue weighted by Crippen LogP contribution is -2.10. The van der Waals surface area contributed by atoms with Crippen molar-refractivity contribution in [1.29, 1.82) is 0 Å². The third kappa shape index (κ3) is 2.05. The molecule has 1 heterocycles. The van der Waals surface area contributed by atoms with Gasteiger partial charge in [-0.25, -0.2) is 4.79 Å². The van der Waals surface area contributed by atoms with Gasteiger partial charge in [-0.05, 0) is 12.5 Å². The molecule has 3 N–H and O–H groups in total. The monoisotopic (exact) mass is 215 g/mol. The van der Waals surface area contributed by atoms with Crippen LogP contribution in [0, 0.1) is 0 Å². The molecule has 0 spiro atoms. The van der Waals surface area contributed by atoms with Crippen LogP contribution in [0.3, 0.4) is 0 Å². The molecule has 0 aliphatic carbocycles. The van der Waals surface area contributed by atoms with E-state index in [2.05, 4.69) is 0 Å². The normalized spacial score (nSPS) is 9.92. The summed E-state index contributed by atoms with van der Waals surface area (Å²) in [5, 5.41) is 8.73. The minimum absolute atomic E-state index is 0.264. The molecular formula is C8H9NO2S2. The van der Waals surface area contributed by atoms with Gasteiger partial charge in [0.05, 0.1) is 0 Å². The largest absolute Gasteiger partial charge is 0.477 e. The van der Waals surface area contributed by atoms with Crippen LogP contribution in [0.1, 0.15) is 27.0 Å². The van der Waals surface area contributed by atoms with Gasteiger partial charge in [-0.2, -0.15) is 0 Å². The van der Waals surface area contributed by atoms with Crippen molar-refractivity contribution in [3.05, 3.63) is 21.4 Å². The Balaban J connectivity index is 3.19. The molecule has 0 unspecified atom stereocenters. The topological polar surface area (TPSA) is 63.3 Å². The van der Waals surface area contributed by atoms with E-state index in [0.29, 0.717) is 10.4 Å². The zero-order valence-corrected chi connectivity index (χ0v) is 8.67. The Morgan fingerprint density at radius 3 is 2.69 bits per heavy atom. The van der Waals surface area contributed by atoms with Crippen LogP contribution in [0.2, 0.25) is 0 Å². The summed E-state index contributed by atoms with van der Waals surface area (Å²) in [6, 6.07) is 1.54. The van der Waals surface area contributed by atoms with Gasteiger partial charge in [0.15, 0.2) is 0 Å². The van der Waals surface area contributed by atoms with Gasteiger partial charge in [-0.1, -0.05) is 19.1 Å². The van der Waals surface area contributed by atoms with Crippen molar-refractivity contribution in [2.45, 2.75) is 13.3 Å². The minimum Gasteiger partial charge on any atom is -0.477 e. The van der Waals surface area contributed by atoms with Crippen molar-refractivity contribution in [2.75, 3.05) is 0 Å². The number of aryl methyl sites for hydroxylation is 1. The first kappa shape index (κ1) is 10.1. The number of rotatable bonds is 3. The molecule has 13 heavy (non-hydrogen) atoms. The maximum atomic E-state index is 10.6. The number of carboxylic acid groups (broad SMARTS) is 1. The van der Waals surface area contributed by atoms with E-state index < -0.39 is 5.97 Å². The summed E-state index contributed by atoms with van der Waals surface area (Å²) >= 11 is 6.04. The van der Waals surface area contributed by atoms with E-state index in [1.165, 1.54) is 17.4 Å². The Morgan fingerprint density at radius 1 is 1.77 bits per heavy atom. The van der Waals surface area contributed by atoms with Crippen LogP contribution >= 0.6 is 23.6 Å². The lowest BCUT2D eigenvalue weighted by Gasteiger charge is -1.95. The number of aromatic carboxylic acids is 1. The van der Waals surface area contributed by atoms with Gasteiger partial charge >= 0.3 is 5.97 Å². The summed E-state index contributed by atoms with van der Waals surface area (Å²) in [6.07, 6.45) is 0.755. The smallest absolute Gasteiger partial charge is 0.345 e. The van der Waals surface area contributed by atoms with Crippen LogP contribution in [0.5, 0.6) is 0 Å². The van der Waals surface area contributed by atoms with Gasteiger partial charge in [-0.3, -0.25) is 0 Å². The van der Waals surface area contributed by atoms with Crippen molar-refractivity contribution in [1.82, 2.24) is 0 Å². The first-order valence-corrected chi connectivity index (χ1v) is 4.94. The second kappa shape index (κ2) is 3.85. The molecule has 0 aliphatic heterocycles. The molecule has 5 heteroatoms. The molecule has 1 aromatic heterocycles. The van der Waals surface area contributed by atoms with Gasteiger partial charge < -0.3 is 10.8 Å². The van der Waals surface area contributed by atoms with Crippen LogP contribution in [-0.4, -0.2) is 16.1 Å². The van der Waals surface area contributed by atoms with Crippen molar-refractivity contribution < 1.29 is 9.90 Å². The molecule has 1 aromatic rings. The standard InChI is InChI=1S/C8H9NO2S2/c1-2-5-4(7(9)12)3-6(13-5)8(10)11/h3H,2H2,1H3,(H2,9,12)(H,10,11). The van der Waals surface area contributed by atoms with Crippen molar-refractivity contribution >= 4 is 34.5 Å². The van der Waals surface area contributed by atoms with Gasteiger partial charge in [0.25, 0.3) is 0 Å². The fraction of sp³-hybridized carbons (Fsp3) is 0.250. The predicted molar refractivity (Wildman–Crippen MR) is 56.5 cm³/mol. The first-order valence-electron chi connectivity index (χ1n) is 3.72. The molecule has 3 nitrogen and oxygen atoms in total. The Labute approximate surface area is 85.2 Å². The fourth-order valence-electron chi connectivity index (χ4n) is 1.01. The highest BCUT2D eigenvalue weighted by Gasteiger charge is 2.13. The Hall–Kier alpha value is -0.940. The van der Waals surface area contributed by atoms with Gasteiger partial charge in [-0.15, -0.1) is 11.3 Å². The summed E-state index contributed by atoms with van der Waals surface area (Å²) in [4.78, 5) is 12.1. The fourth-order valence-corrected chi connectivity index (χ4v) is 2.20.